The highest BCUT2D eigenvalue weighted by molar-refractivity contribution is 5.92. The van der Waals surface area contributed by atoms with Gasteiger partial charge in [-0.05, 0) is 54.9 Å². The summed E-state index contributed by atoms with van der Waals surface area (Å²) in [6.45, 7) is 0.271. The van der Waals surface area contributed by atoms with E-state index in [1.807, 2.05) is 24.3 Å². The Labute approximate surface area is 124 Å². The minimum Gasteiger partial charge on any atom is -0.454 e. The predicted octanol–water partition coefficient (Wildman–Crippen LogP) is 2.73. The van der Waals surface area contributed by atoms with Gasteiger partial charge in [0.25, 0.3) is 0 Å². The number of fused-ring (bicyclic) bond motifs is 3. The first kappa shape index (κ1) is 12.7. The first-order chi connectivity index (χ1) is 10.3. The van der Waals surface area contributed by atoms with Gasteiger partial charge >= 0.3 is 0 Å². The molecule has 1 aromatic carbocycles. The Morgan fingerprint density at radius 3 is 2.90 bits per heavy atom. The van der Waals surface area contributed by atoms with Crippen LogP contribution in [-0.2, 0) is 4.79 Å². The monoisotopic (exact) mass is 285 g/mol. The van der Waals surface area contributed by atoms with Crippen molar-refractivity contribution >= 4 is 12.0 Å². The molecule has 1 amide bonds. The van der Waals surface area contributed by atoms with Gasteiger partial charge in [-0.3, -0.25) is 4.79 Å². The number of rotatable bonds is 3. The minimum atomic E-state index is 0.00483. The summed E-state index contributed by atoms with van der Waals surface area (Å²) in [5, 5.41) is 3.15. The van der Waals surface area contributed by atoms with E-state index in [4.69, 9.17) is 9.47 Å². The van der Waals surface area contributed by atoms with Crippen molar-refractivity contribution in [1.29, 1.82) is 0 Å². The van der Waals surface area contributed by atoms with Gasteiger partial charge in [0.05, 0.1) is 0 Å². The van der Waals surface area contributed by atoms with Crippen molar-refractivity contribution in [3.8, 4) is 11.5 Å². The van der Waals surface area contributed by atoms with E-state index in [1.54, 1.807) is 6.08 Å². The Kier molecular flexibility index (Phi) is 3.09. The molecule has 1 N–H and O–H groups in total. The van der Waals surface area contributed by atoms with Crippen LogP contribution in [0.4, 0.5) is 0 Å². The molecule has 2 bridgehead atoms. The maximum atomic E-state index is 12.0. The van der Waals surface area contributed by atoms with E-state index < -0.39 is 0 Å². The molecule has 0 spiro atoms. The summed E-state index contributed by atoms with van der Waals surface area (Å²) >= 11 is 0. The zero-order chi connectivity index (χ0) is 14.2. The molecule has 2 saturated carbocycles. The van der Waals surface area contributed by atoms with Crippen molar-refractivity contribution in [3.05, 3.63) is 29.8 Å². The normalized spacial score (nSPS) is 29.2. The Bertz CT molecular complexity index is 596. The van der Waals surface area contributed by atoms with Gasteiger partial charge in [0.15, 0.2) is 11.5 Å². The quantitative estimate of drug-likeness (QED) is 0.869. The maximum Gasteiger partial charge on any atom is 0.244 e. The van der Waals surface area contributed by atoms with E-state index in [-0.39, 0.29) is 12.7 Å². The number of hydrogen-bond donors (Lipinski definition) is 1. The van der Waals surface area contributed by atoms with Crippen LogP contribution >= 0.6 is 0 Å². The number of nitrogens with one attached hydrogen (secondary N) is 1. The molecular formula is C17H19NO3. The van der Waals surface area contributed by atoms with Crippen molar-refractivity contribution in [3.63, 3.8) is 0 Å². The molecule has 0 aromatic heterocycles. The third-order valence-electron chi connectivity index (χ3n) is 4.89. The van der Waals surface area contributed by atoms with Gasteiger partial charge in [0.1, 0.15) is 0 Å². The molecule has 2 aliphatic carbocycles. The molecule has 0 radical (unpaired) electrons. The van der Waals surface area contributed by atoms with E-state index in [0.717, 1.165) is 29.4 Å². The first-order valence-corrected chi connectivity index (χ1v) is 7.66. The predicted molar refractivity (Wildman–Crippen MR) is 79.0 cm³/mol. The average molecular weight is 285 g/mol. The Morgan fingerprint density at radius 1 is 1.19 bits per heavy atom. The van der Waals surface area contributed by atoms with Gasteiger partial charge in [-0.2, -0.15) is 0 Å². The van der Waals surface area contributed by atoms with E-state index >= 15 is 0 Å². The van der Waals surface area contributed by atoms with Crippen LogP contribution in [0.25, 0.3) is 6.08 Å². The maximum absolute atomic E-state index is 12.0. The zero-order valence-electron chi connectivity index (χ0n) is 11.9. The topological polar surface area (TPSA) is 47.6 Å². The highest BCUT2D eigenvalue weighted by Gasteiger charge is 2.39. The third-order valence-corrected chi connectivity index (χ3v) is 4.89. The number of hydrogen-bond acceptors (Lipinski definition) is 3. The van der Waals surface area contributed by atoms with Gasteiger partial charge < -0.3 is 14.8 Å². The van der Waals surface area contributed by atoms with Crippen LogP contribution in [0.15, 0.2) is 24.3 Å². The summed E-state index contributed by atoms with van der Waals surface area (Å²) in [5.41, 5.74) is 0.947. The fourth-order valence-electron chi connectivity index (χ4n) is 3.84. The Hall–Kier alpha value is -1.97. The van der Waals surface area contributed by atoms with Crippen LogP contribution in [-0.4, -0.2) is 18.7 Å². The second-order valence-corrected chi connectivity index (χ2v) is 6.24. The van der Waals surface area contributed by atoms with Crippen LogP contribution in [0.5, 0.6) is 11.5 Å². The molecule has 4 nitrogen and oxygen atoms in total. The van der Waals surface area contributed by atoms with E-state index in [1.165, 1.54) is 19.3 Å². The van der Waals surface area contributed by atoms with Crippen LogP contribution in [0, 0.1) is 11.8 Å². The molecule has 3 atom stereocenters. The van der Waals surface area contributed by atoms with Crippen molar-refractivity contribution < 1.29 is 14.3 Å². The lowest BCUT2D eigenvalue weighted by molar-refractivity contribution is -0.117. The van der Waals surface area contributed by atoms with Crippen LogP contribution in [0.3, 0.4) is 0 Å². The number of amides is 1. The van der Waals surface area contributed by atoms with Crippen molar-refractivity contribution in [2.75, 3.05) is 6.79 Å². The minimum absolute atomic E-state index is 0.00483. The molecule has 21 heavy (non-hydrogen) atoms. The van der Waals surface area contributed by atoms with Crippen molar-refractivity contribution in [2.24, 2.45) is 11.8 Å². The molecule has 4 heteroatoms. The van der Waals surface area contributed by atoms with Gasteiger partial charge in [0.2, 0.25) is 12.7 Å². The molecule has 0 saturated heterocycles. The largest absolute Gasteiger partial charge is 0.454 e. The lowest BCUT2D eigenvalue weighted by Crippen LogP contribution is -2.37. The van der Waals surface area contributed by atoms with Crippen LogP contribution in [0.2, 0.25) is 0 Å². The molecule has 1 aromatic rings. The summed E-state index contributed by atoms with van der Waals surface area (Å²) in [6.07, 6.45) is 8.53. The number of ether oxygens (including phenoxy) is 2. The van der Waals surface area contributed by atoms with Crippen LogP contribution in [0.1, 0.15) is 31.2 Å². The smallest absolute Gasteiger partial charge is 0.244 e. The molecule has 3 aliphatic rings. The second kappa shape index (κ2) is 5.10. The van der Waals surface area contributed by atoms with Gasteiger partial charge in [0, 0.05) is 12.1 Å². The van der Waals surface area contributed by atoms with Crippen molar-refractivity contribution in [1.82, 2.24) is 5.32 Å². The van der Waals surface area contributed by atoms with E-state index in [0.29, 0.717) is 12.0 Å². The Balaban J connectivity index is 1.37. The second-order valence-electron chi connectivity index (χ2n) is 6.24. The number of carbonyl (C=O) groups excluding carboxylic acids is 1. The fraction of sp³-hybridized carbons (Fsp3) is 0.471. The van der Waals surface area contributed by atoms with Gasteiger partial charge in [-0.15, -0.1) is 0 Å². The molecule has 1 heterocycles. The van der Waals surface area contributed by atoms with Gasteiger partial charge in [-0.1, -0.05) is 12.5 Å². The summed E-state index contributed by atoms with van der Waals surface area (Å²) in [4.78, 5) is 12.0. The zero-order valence-corrected chi connectivity index (χ0v) is 11.9. The summed E-state index contributed by atoms with van der Waals surface area (Å²) in [5.74, 6) is 3.06. The molecule has 110 valence electrons. The number of benzene rings is 1. The standard InChI is InChI=1S/C17H19NO3/c19-17(18-14-8-12-1-4-13(14)7-12)6-3-11-2-5-15-16(9-11)21-10-20-15/h2-3,5-6,9,12-14H,1,4,7-8,10H2,(H,18,19)/b6-3+/t12-,13-,14-/m1/s1. The van der Waals surface area contributed by atoms with Crippen LogP contribution < -0.4 is 14.8 Å². The fourth-order valence-corrected chi connectivity index (χ4v) is 3.84. The molecular weight excluding hydrogens is 266 g/mol. The summed E-state index contributed by atoms with van der Waals surface area (Å²) in [7, 11) is 0. The average Bonchev–Trinajstić information content (AvgIpc) is 3.20. The van der Waals surface area contributed by atoms with E-state index in [9.17, 15) is 4.79 Å². The number of carbonyl (C=O) groups is 1. The summed E-state index contributed by atoms with van der Waals surface area (Å²) < 4.78 is 10.6. The molecule has 4 rings (SSSR count). The van der Waals surface area contributed by atoms with Crippen molar-refractivity contribution in [2.45, 2.75) is 31.7 Å². The lowest BCUT2D eigenvalue weighted by atomic mass is 9.95. The first-order valence-electron chi connectivity index (χ1n) is 7.66. The highest BCUT2D eigenvalue weighted by Crippen LogP contribution is 2.44. The third kappa shape index (κ3) is 2.50. The molecule has 1 aliphatic heterocycles. The summed E-state index contributed by atoms with van der Waals surface area (Å²) in [6, 6.07) is 6.08. The Morgan fingerprint density at radius 2 is 2.10 bits per heavy atom. The molecule has 2 fully saturated rings. The molecule has 0 unspecified atom stereocenters. The lowest BCUT2D eigenvalue weighted by Gasteiger charge is -2.22. The highest BCUT2D eigenvalue weighted by atomic mass is 16.7. The SMILES string of the molecule is O=C(/C=C/c1ccc2c(c1)OCO2)N[C@@H]1C[C@@H]2CC[C@@H]1C2. The van der Waals surface area contributed by atoms with E-state index in [2.05, 4.69) is 5.32 Å². The van der Waals surface area contributed by atoms with Gasteiger partial charge in [-0.25, -0.2) is 0 Å².